The van der Waals surface area contributed by atoms with Gasteiger partial charge in [0.25, 0.3) is 11.8 Å². The maximum Gasteiger partial charge on any atom is 0.263 e. The summed E-state index contributed by atoms with van der Waals surface area (Å²) in [5, 5.41) is 11.4. The van der Waals surface area contributed by atoms with Gasteiger partial charge in [0.2, 0.25) is 5.91 Å². The lowest BCUT2D eigenvalue weighted by Gasteiger charge is -2.20. The van der Waals surface area contributed by atoms with Gasteiger partial charge in [0.05, 0.1) is 5.69 Å². The monoisotopic (exact) mass is 399 g/mol. The molecular weight excluding hydrogens is 384 g/mol. The molecule has 2 aliphatic heterocycles. The van der Waals surface area contributed by atoms with Crippen LogP contribution in [0.1, 0.15) is 5.56 Å². The summed E-state index contributed by atoms with van der Waals surface area (Å²) < 4.78 is 26.7. The van der Waals surface area contributed by atoms with Crippen LogP contribution in [-0.2, 0) is 14.4 Å². The molecule has 2 heterocycles. The number of nitrogens with one attached hydrogen (secondary N) is 1. The lowest BCUT2D eigenvalue weighted by atomic mass is 10.1. The van der Waals surface area contributed by atoms with Gasteiger partial charge in [0.15, 0.2) is 23.7 Å². The number of hydrogen-bond donors (Lipinski definition) is 1. The Morgan fingerprint density at radius 3 is 2.48 bits per heavy atom. The molecule has 2 aliphatic rings. The van der Waals surface area contributed by atoms with E-state index in [-0.39, 0.29) is 12.2 Å². The summed E-state index contributed by atoms with van der Waals surface area (Å²) in [6, 6.07) is 7.60. The van der Waals surface area contributed by atoms with E-state index < -0.39 is 41.4 Å². The largest absolute Gasteiger partial charge is 0.324 e. The van der Waals surface area contributed by atoms with Crippen molar-refractivity contribution in [3.63, 3.8) is 0 Å². The predicted molar refractivity (Wildman–Crippen MR) is 97.8 cm³/mol. The number of aryl methyl sites for hydroxylation is 1. The van der Waals surface area contributed by atoms with Crippen molar-refractivity contribution >= 4 is 29.1 Å². The Kier molecular flexibility index (Phi) is 4.53. The minimum Gasteiger partial charge on any atom is -0.324 e. The summed E-state index contributed by atoms with van der Waals surface area (Å²) >= 11 is 0. The molecule has 2 aromatic carbocycles. The number of benzene rings is 2. The zero-order valence-corrected chi connectivity index (χ0v) is 15.2. The number of nitrogens with zero attached hydrogens (tertiary/aromatic N) is 4. The Hall–Kier alpha value is -3.69. The molecule has 1 saturated heterocycles. The molecule has 8 nitrogen and oxygen atoms in total. The Morgan fingerprint density at radius 1 is 1.07 bits per heavy atom. The molecular formula is C19H15F2N5O3. The summed E-state index contributed by atoms with van der Waals surface area (Å²) in [7, 11) is 0. The van der Waals surface area contributed by atoms with Gasteiger partial charge in [-0.25, -0.2) is 13.7 Å². The van der Waals surface area contributed by atoms with Gasteiger partial charge in [-0.05, 0) is 31.2 Å². The third-order valence-electron chi connectivity index (χ3n) is 4.66. The van der Waals surface area contributed by atoms with Gasteiger partial charge >= 0.3 is 0 Å². The van der Waals surface area contributed by atoms with E-state index in [2.05, 4.69) is 15.7 Å². The number of carbonyl (C=O) groups is 3. The highest BCUT2D eigenvalue weighted by molar-refractivity contribution is 6.25. The highest BCUT2D eigenvalue weighted by atomic mass is 19.2. The number of imide groups is 1. The van der Waals surface area contributed by atoms with Crippen molar-refractivity contribution in [1.82, 2.24) is 5.01 Å². The standard InChI is InChI=1S/C19H15F2N5O3/c1-10-2-4-11(5-3-10)22-15(27)9-25-17-16(23-24-25)18(28)26(19(17)29)12-6-7-13(20)14(21)8-12/h2-8,16-17H,9H2,1H3,(H,22,27)/t16-,17+/m1/s1. The lowest BCUT2D eigenvalue weighted by molar-refractivity contribution is -0.123. The van der Waals surface area contributed by atoms with Crippen molar-refractivity contribution in [1.29, 1.82) is 0 Å². The van der Waals surface area contributed by atoms with Crippen LogP contribution >= 0.6 is 0 Å². The van der Waals surface area contributed by atoms with E-state index in [0.29, 0.717) is 5.69 Å². The van der Waals surface area contributed by atoms with Gasteiger partial charge in [0, 0.05) is 11.8 Å². The average molecular weight is 399 g/mol. The molecule has 1 fully saturated rings. The number of hydrogen-bond acceptors (Lipinski definition) is 6. The van der Waals surface area contributed by atoms with Gasteiger partial charge in [-0.1, -0.05) is 22.9 Å². The molecule has 0 radical (unpaired) electrons. The summed E-state index contributed by atoms with van der Waals surface area (Å²) in [6.07, 6.45) is 0. The highest BCUT2D eigenvalue weighted by Crippen LogP contribution is 2.32. The molecule has 2 aromatic rings. The van der Waals surface area contributed by atoms with Crippen molar-refractivity contribution in [2.45, 2.75) is 19.0 Å². The van der Waals surface area contributed by atoms with Crippen LogP contribution in [0.25, 0.3) is 0 Å². The predicted octanol–water partition coefficient (Wildman–Crippen LogP) is 2.21. The molecule has 0 saturated carbocycles. The summed E-state index contributed by atoms with van der Waals surface area (Å²) in [5.41, 5.74) is 1.50. The van der Waals surface area contributed by atoms with E-state index in [4.69, 9.17) is 0 Å². The molecule has 0 unspecified atom stereocenters. The molecule has 1 N–H and O–H groups in total. The number of fused-ring (bicyclic) bond motifs is 1. The first kappa shape index (κ1) is 18.7. The second-order valence-corrected chi connectivity index (χ2v) is 6.72. The van der Waals surface area contributed by atoms with Crippen LogP contribution in [-0.4, -0.2) is 41.4 Å². The van der Waals surface area contributed by atoms with E-state index in [9.17, 15) is 23.2 Å². The lowest BCUT2D eigenvalue weighted by Crippen LogP contribution is -2.43. The van der Waals surface area contributed by atoms with Crippen LogP contribution in [0, 0.1) is 18.6 Å². The number of amides is 3. The van der Waals surface area contributed by atoms with Crippen molar-refractivity contribution in [2.24, 2.45) is 10.3 Å². The fourth-order valence-electron chi connectivity index (χ4n) is 3.22. The molecule has 10 heteroatoms. The Labute approximate surface area is 163 Å². The van der Waals surface area contributed by atoms with E-state index in [0.717, 1.165) is 33.7 Å². The molecule has 0 aromatic heterocycles. The Morgan fingerprint density at radius 2 is 1.79 bits per heavy atom. The first-order chi connectivity index (χ1) is 13.8. The number of rotatable bonds is 4. The van der Waals surface area contributed by atoms with Gasteiger partial charge in [-0.3, -0.25) is 19.4 Å². The molecule has 0 spiro atoms. The molecule has 29 heavy (non-hydrogen) atoms. The molecule has 2 atom stereocenters. The molecule has 0 bridgehead atoms. The van der Waals surface area contributed by atoms with Crippen LogP contribution in [0.2, 0.25) is 0 Å². The van der Waals surface area contributed by atoms with E-state index in [1.165, 1.54) is 0 Å². The fourth-order valence-corrected chi connectivity index (χ4v) is 3.22. The van der Waals surface area contributed by atoms with Gasteiger partial charge < -0.3 is 5.32 Å². The number of halogens is 2. The first-order valence-electron chi connectivity index (χ1n) is 8.72. The van der Waals surface area contributed by atoms with E-state index >= 15 is 0 Å². The second kappa shape index (κ2) is 7.04. The average Bonchev–Trinajstić information content (AvgIpc) is 3.20. The second-order valence-electron chi connectivity index (χ2n) is 6.72. The molecule has 0 aliphatic carbocycles. The van der Waals surface area contributed by atoms with Crippen LogP contribution < -0.4 is 10.2 Å². The maximum absolute atomic E-state index is 13.5. The number of anilines is 2. The zero-order valence-electron chi connectivity index (χ0n) is 15.2. The van der Waals surface area contributed by atoms with Crippen LogP contribution in [0.5, 0.6) is 0 Å². The highest BCUT2D eigenvalue weighted by Gasteiger charge is 2.55. The van der Waals surface area contributed by atoms with Crippen LogP contribution in [0.15, 0.2) is 52.8 Å². The van der Waals surface area contributed by atoms with Gasteiger partial charge in [0.1, 0.15) is 6.54 Å². The van der Waals surface area contributed by atoms with E-state index in [1.54, 1.807) is 12.1 Å². The third kappa shape index (κ3) is 3.33. The topological polar surface area (TPSA) is 94.4 Å². The minimum absolute atomic E-state index is 0.104. The zero-order chi connectivity index (χ0) is 20.7. The Balaban J connectivity index is 1.49. The SMILES string of the molecule is Cc1ccc(NC(=O)CN2N=N[C@H]3C(=O)N(c4ccc(F)c(F)c4)C(=O)[C@H]32)cc1. The Bertz CT molecular complexity index is 1040. The third-order valence-corrected chi connectivity index (χ3v) is 4.66. The van der Waals surface area contributed by atoms with Crippen molar-refractivity contribution < 1.29 is 23.2 Å². The fraction of sp³-hybridized carbons (Fsp3) is 0.211. The van der Waals surface area contributed by atoms with Crippen LogP contribution in [0.3, 0.4) is 0 Å². The summed E-state index contributed by atoms with van der Waals surface area (Å²) in [4.78, 5) is 38.4. The van der Waals surface area contributed by atoms with Crippen molar-refractivity contribution in [3.8, 4) is 0 Å². The van der Waals surface area contributed by atoms with Crippen molar-refractivity contribution in [3.05, 3.63) is 59.7 Å². The molecule has 3 amide bonds. The number of carbonyl (C=O) groups excluding carboxylic acids is 3. The van der Waals surface area contributed by atoms with Gasteiger partial charge in [-0.2, -0.15) is 5.11 Å². The normalized spacial score (nSPS) is 20.4. The maximum atomic E-state index is 13.5. The van der Waals surface area contributed by atoms with E-state index in [1.807, 2.05) is 19.1 Å². The quantitative estimate of drug-likeness (QED) is 0.798. The minimum atomic E-state index is -1.18. The molecule has 4 rings (SSSR count). The van der Waals surface area contributed by atoms with Crippen molar-refractivity contribution in [2.75, 3.05) is 16.8 Å². The van der Waals surface area contributed by atoms with Crippen LogP contribution in [0.4, 0.5) is 20.2 Å². The summed E-state index contributed by atoms with van der Waals surface area (Å²) in [5.74, 6) is -4.14. The first-order valence-corrected chi connectivity index (χ1v) is 8.72. The summed E-state index contributed by atoms with van der Waals surface area (Å²) in [6.45, 7) is 1.61. The smallest absolute Gasteiger partial charge is 0.263 e. The molecule has 148 valence electrons. The van der Waals surface area contributed by atoms with Gasteiger partial charge in [-0.15, -0.1) is 0 Å².